The summed E-state index contributed by atoms with van der Waals surface area (Å²) in [6.45, 7) is 20.6. The van der Waals surface area contributed by atoms with Crippen molar-refractivity contribution in [2.24, 2.45) is 0 Å². The summed E-state index contributed by atoms with van der Waals surface area (Å²) in [6, 6.07) is 13.1. The second kappa shape index (κ2) is 7.74. The van der Waals surface area contributed by atoms with E-state index < -0.39 is 5.60 Å². The highest BCUT2D eigenvalue weighted by Gasteiger charge is 2.40. The Labute approximate surface area is 166 Å². The van der Waals surface area contributed by atoms with Gasteiger partial charge in [0.2, 0.25) is 0 Å². The molecule has 2 aromatic carbocycles. The van der Waals surface area contributed by atoms with Crippen LogP contribution in [0.1, 0.15) is 43.9 Å². The van der Waals surface area contributed by atoms with Crippen LogP contribution in [0.5, 0.6) is 5.75 Å². The molecular weight excluding hydrogens is 350 g/mol. The molecule has 142 valence electrons. The van der Waals surface area contributed by atoms with Gasteiger partial charge in [0.1, 0.15) is 5.75 Å². The zero-order chi connectivity index (χ0) is 20.3. The fourth-order valence-electron chi connectivity index (χ4n) is 3.58. The van der Waals surface area contributed by atoms with E-state index in [0.29, 0.717) is 12.3 Å². The lowest BCUT2D eigenvalue weighted by atomic mass is 10.0. The molecule has 1 heterocycles. The van der Waals surface area contributed by atoms with Gasteiger partial charge in [0.15, 0.2) is 17.0 Å². The summed E-state index contributed by atoms with van der Waals surface area (Å²) >= 11 is 0. The molecule has 3 rings (SSSR count). The highest BCUT2D eigenvalue weighted by atomic mass is 16.5. The standard InChI is InChI=1S/C23H23N3O2/c1-16-8-10-17(11-9-16)21-7-6-14-26(21)22(27)23(2,3)28-18-12-13-19(24-4)20(15-18)25-5/h8-13,15,21H,6-7,14H2,1-3H3. The lowest BCUT2D eigenvalue weighted by molar-refractivity contribution is -0.146. The van der Waals surface area contributed by atoms with Crippen molar-refractivity contribution in [2.75, 3.05) is 6.54 Å². The third-order valence-corrected chi connectivity index (χ3v) is 5.05. The molecule has 0 aliphatic carbocycles. The molecule has 1 aliphatic rings. The highest BCUT2D eigenvalue weighted by molar-refractivity contribution is 5.85. The maximum atomic E-state index is 13.3. The first-order valence-electron chi connectivity index (χ1n) is 9.31. The smallest absolute Gasteiger partial charge is 0.266 e. The van der Waals surface area contributed by atoms with Gasteiger partial charge in [-0.25, -0.2) is 4.85 Å². The van der Waals surface area contributed by atoms with Crippen LogP contribution in [-0.4, -0.2) is 23.0 Å². The number of aryl methyl sites for hydroxylation is 1. The average Bonchev–Trinajstić information content (AvgIpc) is 3.17. The zero-order valence-corrected chi connectivity index (χ0v) is 16.4. The number of amides is 1. The van der Waals surface area contributed by atoms with Crippen LogP contribution in [0.15, 0.2) is 42.5 Å². The van der Waals surface area contributed by atoms with Gasteiger partial charge in [-0.15, -0.1) is 0 Å². The fraction of sp³-hybridized carbons (Fsp3) is 0.348. The van der Waals surface area contributed by atoms with E-state index in [1.54, 1.807) is 26.0 Å². The Kier molecular flexibility index (Phi) is 5.38. The van der Waals surface area contributed by atoms with Crippen molar-refractivity contribution in [2.45, 2.75) is 45.3 Å². The van der Waals surface area contributed by atoms with Crippen LogP contribution in [0.3, 0.4) is 0 Å². The molecule has 1 atom stereocenters. The van der Waals surface area contributed by atoms with E-state index in [1.165, 1.54) is 11.6 Å². The number of carbonyl (C=O) groups is 1. The molecule has 5 heteroatoms. The van der Waals surface area contributed by atoms with E-state index in [-0.39, 0.29) is 23.3 Å². The first-order chi connectivity index (χ1) is 13.4. The number of benzene rings is 2. The number of carbonyl (C=O) groups excluding carboxylic acids is 1. The van der Waals surface area contributed by atoms with Crippen LogP contribution < -0.4 is 4.74 Å². The third kappa shape index (κ3) is 3.85. The molecule has 1 fully saturated rings. The Balaban J connectivity index is 1.81. The molecule has 1 saturated heterocycles. The largest absolute Gasteiger partial charge is 0.479 e. The van der Waals surface area contributed by atoms with Gasteiger partial charge in [0.05, 0.1) is 19.2 Å². The number of likely N-dealkylation sites (tertiary alicyclic amines) is 1. The normalized spacial score (nSPS) is 16.3. The lowest BCUT2D eigenvalue weighted by Gasteiger charge is -2.34. The first-order valence-corrected chi connectivity index (χ1v) is 9.31. The molecular formula is C23H23N3O2. The van der Waals surface area contributed by atoms with Gasteiger partial charge in [0, 0.05) is 6.54 Å². The van der Waals surface area contributed by atoms with E-state index in [4.69, 9.17) is 17.9 Å². The van der Waals surface area contributed by atoms with Crippen LogP contribution in [0.2, 0.25) is 0 Å². The maximum Gasteiger partial charge on any atom is 0.266 e. The minimum Gasteiger partial charge on any atom is -0.479 e. The number of ether oxygens (including phenoxy) is 1. The lowest BCUT2D eigenvalue weighted by Crippen LogP contribution is -2.48. The summed E-state index contributed by atoms with van der Waals surface area (Å²) in [6.07, 6.45) is 1.90. The van der Waals surface area contributed by atoms with Crippen molar-refractivity contribution in [1.29, 1.82) is 0 Å². The minimum absolute atomic E-state index is 0.0549. The molecule has 0 radical (unpaired) electrons. The summed E-state index contributed by atoms with van der Waals surface area (Å²) in [5.41, 5.74) is 1.78. The van der Waals surface area contributed by atoms with Gasteiger partial charge < -0.3 is 9.64 Å². The second-order valence-corrected chi connectivity index (χ2v) is 7.55. The Bertz CT molecular complexity index is 965. The van der Waals surface area contributed by atoms with E-state index >= 15 is 0 Å². The number of rotatable bonds is 4. The molecule has 0 aromatic heterocycles. The molecule has 5 nitrogen and oxygen atoms in total. The predicted octanol–water partition coefficient (Wildman–Crippen LogP) is 5.62. The van der Waals surface area contributed by atoms with Gasteiger partial charge in [-0.2, -0.15) is 0 Å². The molecule has 1 aliphatic heterocycles. The molecule has 0 spiro atoms. The Hall–Kier alpha value is -3.31. The van der Waals surface area contributed by atoms with Crippen molar-refractivity contribution < 1.29 is 9.53 Å². The van der Waals surface area contributed by atoms with Crippen LogP contribution in [0.25, 0.3) is 9.69 Å². The van der Waals surface area contributed by atoms with Gasteiger partial charge in [-0.1, -0.05) is 35.9 Å². The van der Waals surface area contributed by atoms with Crippen LogP contribution in [-0.2, 0) is 4.79 Å². The Morgan fingerprint density at radius 2 is 1.79 bits per heavy atom. The summed E-state index contributed by atoms with van der Waals surface area (Å²) in [7, 11) is 0. The average molecular weight is 373 g/mol. The zero-order valence-electron chi connectivity index (χ0n) is 16.4. The second-order valence-electron chi connectivity index (χ2n) is 7.55. The van der Waals surface area contributed by atoms with Crippen molar-refractivity contribution in [3.8, 4) is 5.75 Å². The monoisotopic (exact) mass is 373 g/mol. The summed E-state index contributed by atoms with van der Waals surface area (Å²) in [4.78, 5) is 21.9. The SMILES string of the molecule is [C-]#[N+]c1ccc(OC(C)(C)C(=O)N2CCCC2c2ccc(C)cc2)cc1[N+]#[C-]. The topological polar surface area (TPSA) is 38.3 Å². The van der Waals surface area contributed by atoms with Crippen LogP contribution >= 0.6 is 0 Å². The third-order valence-electron chi connectivity index (χ3n) is 5.05. The van der Waals surface area contributed by atoms with Crippen molar-refractivity contribution in [3.63, 3.8) is 0 Å². The van der Waals surface area contributed by atoms with E-state index in [2.05, 4.69) is 40.9 Å². The quantitative estimate of drug-likeness (QED) is 0.653. The van der Waals surface area contributed by atoms with Gasteiger partial charge >= 0.3 is 0 Å². The van der Waals surface area contributed by atoms with Gasteiger partial charge in [-0.05, 0) is 51.3 Å². The maximum absolute atomic E-state index is 13.3. The number of hydrogen-bond acceptors (Lipinski definition) is 2. The molecule has 1 unspecified atom stereocenters. The molecule has 0 N–H and O–H groups in total. The summed E-state index contributed by atoms with van der Waals surface area (Å²) in [5, 5.41) is 0. The van der Waals surface area contributed by atoms with Crippen LogP contribution in [0, 0.1) is 20.1 Å². The fourth-order valence-corrected chi connectivity index (χ4v) is 3.58. The highest BCUT2D eigenvalue weighted by Crippen LogP contribution is 2.36. The molecule has 2 aromatic rings. The van der Waals surface area contributed by atoms with Gasteiger partial charge in [0.25, 0.3) is 5.91 Å². The first kappa shape index (κ1) is 19.5. The van der Waals surface area contributed by atoms with Crippen LogP contribution in [0.4, 0.5) is 11.4 Å². The van der Waals surface area contributed by atoms with E-state index in [1.807, 2.05) is 4.90 Å². The van der Waals surface area contributed by atoms with E-state index in [0.717, 1.165) is 18.4 Å². The molecule has 0 bridgehead atoms. The summed E-state index contributed by atoms with van der Waals surface area (Å²) in [5.74, 6) is 0.344. The van der Waals surface area contributed by atoms with E-state index in [9.17, 15) is 4.79 Å². The number of nitrogens with zero attached hydrogens (tertiary/aromatic N) is 3. The summed E-state index contributed by atoms with van der Waals surface area (Å²) < 4.78 is 5.98. The Morgan fingerprint density at radius 1 is 1.11 bits per heavy atom. The number of hydrogen-bond donors (Lipinski definition) is 0. The van der Waals surface area contributed by atoms with Crippen molar-refractivity contribution in [1.82, 2.24) is 4.90 Å². The van der Waals surface area contributed by atoms with Crippen molar-refractivity contribution >= 4 is 17.3 Å². The molecule has 0 saturated carbocycles. The predicted molar refractivity (Wildman–Crippen MR) is 109 cm³/mol. The Morgan fingerprint density at radius 3 is 2.43 bits per heavy atom. The van der Waals surface area contributed by atoms with Gasteiger partial charge in [-0.3, -0.25) is 9.64 Å². The molecule has 1 amide bonds. The minimum atomic E-state index is -1.08. The molecule has 28 heavy (non-hydrogen) atoms. The van der Waals surface area contributed by atoms with Crippen molar-refractivity contribution in [3.05, 3.63) is 76.4 Å².